The van der Waals surface area contributed by atoms with Crippen LogP contribution in [-0.4, -0.2) is 45.7 Å². The fourth-order valence-corrected chi connectivity index (χ4v) is 3.95. The largest absolute Gasteiger partial charge is 0.343 e. The summed E-state index contributed by atoms with van der Waals surface area (Å²) in [7, 11) is 0. The fraction of sp³-hybridized carbons (Fsp3) is 0.308. The van der Waals surface area contributed by atoms with Crippen molar-refractivity contribution in [2.75, 3.05) is 0 Å². The molecule has 1 amide bonds. The molecule has 0 bridgehead atoms. The third kappa shape index (κ3) is 5.10. The van der Waals surface area contributed by atoms with Crippen LogP contribution < -0.4 is 5.32 Å². The molecule has 5 aromatic rings. The zero-order valence-corrected chi connectivity index (χ0v) is 22.1. The summed E-state index contributed by atoms with van der Waals surface area (Å²) in [4.78, 5) is 40.4. The Balaban J connectivity index is 1.42. The van der Waals surface area contributed by atoms with Crippen LogP contribution in [0.25, 0.3) is 33.7 Å². The van der Waals surface area contributed by atoms with Gasteiger partial charge in [-0.3, -0.25) is 19.6 Å². The second kappa shape index (κ2) is 9.74. The lowest BCUT2D eigenvalue weighted by Crippen LogP contribution is -2.24. The second-order valence-electron chi connectivity index (χ2n) is 10.4. The van der Waals surface area contributed by atoms with Gasteiger partial charge in [-0.25, -0.2) is 9.97 Å². The van der Waals surface area contributed by atoms with E-state index in [-0.39, 0.29) is 29.6 Å². The van der Waals surface area contributed by atoms with E-state index in [2.05, 4.69) is 35.5 Å². The van der Waals surface area contributed by atoms with Crippen LogP contribution >= 0.6 is 0 Å². The van der Waals surface area contributed by atoms with Gasteiger partial charge in [-0.05, 0) is 31.5 Å². The number of aromatic amines is 1. The molecule has 0 aliphatic rings. The standard InChI is InChI=1S/C26H27N9O4/c1-14(2)34-13-17(12-29-34)21-30-20-18(8-9-27-22(20)31-21)15-6-7-16(19(10-15)35(37)38)11-28-23(36)24-32-25(33-39-24)26(3,4)5/h6-10,12-14H,11H2,1-5H3,(H,28,36)(H,27,30,31). The number of benzene rings is 1. The Bertz CT molecular complexity index is 1690. The van der Waals surface area contributed by atoms with Crippen molar-refractivity contribution in [2.24, 2.45) is 0 Å². The van der Waals surface area contributed by atoms with Crippen molar-refractivity contribution in [3.63, 3.8) is 0 Å². The molecule has 2 N–H and O–H groups in total. The molecule has 4 aromatic heterocycles. The number of amides is 1. The van der Waals surface area contributed by atoms with Gasteiger partial charge in [0.1, 0.15) is 5.82 Å². The lowest BCUT2D eigenvalue weighted by atomic mass is 9.96. The predicted molar refractivity (Wildman–Crippen MR) is 142 cm³/mol. The summed E-state index contributed by atoms with van der Waals surface area (Å²) in [5, 5.41) is 22.8. The molecule has 200 valence electrons. The van der Waals surface area contributed by atoms with Crippen LogP contribution in [0.3, 0.4) is 0 Å². The molecule has 1 aromatic carbocycles. The number of nitrogens with one attached hydrogen (secondary N) is 2. The SMILES string of the molecule is CC(C)n1cc(-c2nc3nccc(-c4ccc(CNC(=O)c5nc(C(C)(C)C)no5)c([N+](=O)[O-])c4)c3[nH]2)cn1. The van der Waals surface area contributed by atoms with Crippen LogP contribution in [0.1, 0.15) is 62.7 Å². The first-order chi connectivity index (χ1) is 18.5. The summed E-state index contributed by atoms with van der Waals surface area (Å²) in [6.45, 7) is 9.65. The average molecular weight is 530 g/mol. The minimum Gasteiger partial charge on any atom is -0.343 e. The number of aromatic nitrogens is 7. The van der Waals surface area contributed by atoms with E-state index in [4.69, 9.17) is 4.52 Å². The van der Waals surface area contributed by atoms with E-state index in [0.717, 1.165) is 5.56 Å². The Labute approximate surface area is 222 Å². The van der Waals surface area contributed by atoms with Crippen LogP contribution in [0.4, 0.5) is 5.69 Å². The third-order valence-electron chi connectivity index (χ3n) is 6.12. The van der Waals surface area contributed by atoms with Gasteiger partial charge >= 0.3 is 11.8 Å². The zero-order valence-electron chi connectivity index (χ0n) is 22.1. The van der Waals surface area contributed by atoms with E-state index in [1.165, 1.54) is 6.07 Å². The Morgan fingerprint density at radius 3 is 2.67 bits per heavy atom. The topological polar surface area (TPSA) is 171 Å². The van der Waals surface area contributed by atoms with E-state index < -0.39 is 10.8 Å². The van der Waals surface area contributed by atoms with E-state index in [9.17, 15) is 14.9 Å². The number of nitro groups is 1. The highest BCUT2D eigenvalue weighted by atomic mass is 16.6. The zero-order chi connectivity index (χ0) is 27.9. The Hall–Kier alpha value is -4.94. The maximum absolute atomic E-state index is 12.5. The molecular formula is C26H27N9O4. The smallest absolute Gasteiger partial charge is 0.315 e. The van der Waals surface area contributed by atoms with Crippen molar-refractivity contribution in [1.29, 1.82) is 0 Å². The number of H-pyrrole nitrogens is 1. The van der Waals surface area contributed by atoms with Crippen molar-refractivity contribution in [3.8, 4) is 22.5 Å². The van der Waals surface area contributed by atoms with Gasteiger partial charge in [0.05, 0.1) is 28.7 Å². The van der Waals surface area contributed by atoms with Gasteiger partial charge in [0.25, 0.3) is 5.69 Å². The van der Waals surface area contributed by atoms with Crippen molar-refractivity contribution in [1.82, 2.24) is 40.2 Å². The summed E-state index contributed by atoms with van der Waals surface area (Å²) < 4.78 is 6.89. The normalized spacial score (nSPS) is 11.8. The van der Waals surface area contributed by atoms with Crippen LogP contribution in [0.2, 0.25) is 0 Å². The lowest BCUT2D eigenvalue weighted by molar-refractivity contribution is -0.385. The quantitative estimate of drug-likeness (QED) is 0.226. The summed E-state index contributed by atoms with van der Waals surface area (Å²) >= 11 is 0. The first-order valence-electron chi connectivity index (χ1n) is 12.3. The van der Waals surface area contributed by atoms with Crippen molar-refractivity contribution < 1.29 is 14.2 Å². The number of hydrogen-bond donors (Lipinski definition) is 2. The summed E-state index contributed by atoms with van der Waals surface area (Å²) in [5.74, 6) is 0.175. The van der Waals surface area contributed by atoms with Crippen molar-refractivity contribution in [2.45, 2.75) is 52.6 Å². The van der Waals surface area contributed by atoms with E-state index in [1.54, 1.807) is 30.6 Å². The molecule has 0 aliphatic heterocycles. The summed E-state index contributed by atoms with van der Waals surface area (Å²) in [6.07, 6.45) is 5.23. The number of carbonyl (C=O) groups excluding carboxylic acids is 1. The number of nitrogens with zero attached hydrogens (tertiary/aromatic N) is 7. The van der Waals surface area contributed by atoms with Crippen LogP contribution in [0.5, 0.6) is 0 Å². The number of carbonyl (C=O) groups is 1. The van der Waals surface area contributed by atoms with E-state index in [0.29, 0.717) is 39.5 Å². The molecule has 0 aliphatic carbocycles. The van der Waals surface area contributed by atoms with Gasteiger partial charge in [0.15, 0.2) is 11.5 Å². The van der Waals surface area contributed by atoms with Gasteiger partial charge in [0, 0.05) is 41.0 Å². The first-order valence-corrected chi connectivity index (χ1v) is 12.3. The van der Waals surface area contributed by atoms with Gasteiger partial charge in [0.2, 0.25) is 0 Å². The maximum Gasteiger partial charge on any atom is 0.315 e. The molecule has 0 fully saturated rings. The van der Waals surface area contributed by atoms with Crippen molar-refractivity contribution in [3.05, 3.63) is 70.2 Å². The highest BCUT2D eigenvalue weighted by Crippen LogP contribution is 2.32. The summed E-state index contributed by atoms with van der Waals surface area (Å²) in [6, 6.07) is 6.81. The molecule has 0 spiro atoms. The third-order valence-corrected chi connectivity index (χ3v) is 6.12. The molecule has 0 saturated heterocycles. The van der Waals surface area contributed by atoms with E-state index in [1.807, 2.05) is 45.5 Å². The molecule has 0 atom stereocenters. The molecule has 39 heavy (non-hydrogen) atoms. The van der Waals surface area contributed by atoms with Gasteiger partial charge in [-0.15, -0.1) is 0 Å². The summed E-state index contributed by atoms with van der Waals surface area (Å²) in [5.41, 5.74) is 3.03. The number of rotatable bonds is 7. The van der Waals surface area contributed by atoms with Gasteiger partial charge < -0.3 is 14.8 Å². The number of pyridine rings is 1. The number of hydrogen-bond acceptors (Lipinski definition) is 9. The minimum absolute atomic E-state index is 0.0948. The Morgan fingerprint density at radius 1 is 1.21 bits per heavy atom. The number of nitro benzene ring substituents is 1. The molecule has 0 saturated carbocycles. The van der Waals surface area contributed by atoms with Crippen LogP contribution in [0, 0.1) is 10.1 Å². The van der Waals surface area contributed by atoms with E-state index >= 15 is 0 Å². The minimum atomic E-state index is -0.613. The van der Waals surface area contributed by atoms with Crippen molar-refractivity contribution >= 4 is 22.8 Å². The number of fused-ring (bicyclic) bond motifs is 1. The predicted octanol–water partition coefficient (Wildman–Crippen LogP) is 4.59. The molecule has 0 unspecified atom stereocenters. The molecular weight excluding hydrogens is 502 g/mol. The Morgan fingerprint density at radius 2 is 2.00 bits per heavy atom. The average Bonchev–Trinajstić information content (AvgIpc) is 3.65. The van der Waals surface area contributed by atoms with Crippen LogP contribution in [-0.2, 0) is 12.0 Å². The number of imidazole rings is 1. The molecule has 5 rings (SSSR count). The molecule has 13 heteroatoms. The second-order valence-corrected chi connectivity index (χ2v) is 10.4. The molecule has 13 nitrogen and oxygen atoms in total. The van der Waals surface area contributed by atoms with Gasteiger partial charge in [-0.2, -0.15) is 10.1 Å². The maximum atomic E-state index is 12.5. The Kier molecular flexibility index (Phi) is 6.42. The van der Waals surface area contributed by atoms with Gasteiger partial charge in [-0.1, -0.05) is 32.0 Å². The lowest BCUT2D eigenvalue weighted by Gasteiger charge is -2.10. The first kappa shape index (κ1) is 25.7. The molecule has 0 radical (unpaired) electrons. The fourth-order valence-electron chi connectivity index (χ4n) is 3.95. The monoisotopic (exact) mass is 529 g/mol. The molecule has 4 heterocycles. The highest BCUT2D eigenvalue weighted by molar-refractivity contribution is 5.92. The highest BCUT2D eigenvalue weighted by Gasteiger charge is 2.24. The van der Waals surface area contributed by atoms with Crippen LogP contribution in [0.15, 0.2) is 47.4 Å².